The number of halogens is 3. The minimum Gasteiger partial charge on any atom is -0.461 e. The van der Waals surface area contributed by atoms with Gasteiger partial charge >= 0.3 is 6.18 Å². The second-order valence-corrected chi connectivity index (χ2v) is 12.9. The van der Waals surface area contributed by atoms with Crippen LogP contribution in [0.25, 0.3) is 10.9 Å². The van der Waals surface area contributed by atoms with E-state index in [-0.39, 0.29) is 37.4 Å². The number of anilines is 1. The van der Waals surface area contributed by atoms with E-state index in [4.69, 9.17) is 4.74 Å². The van der Waals surface area contributed by atoms with Crippen molar-refractivity contribution >= 4 is 39.0 Å². The molecule has 0 saturated carbocycles. The average molecular weight is 643 g/mol. The van der Waals surface area contributed by atoms with Crippen LogP contribution < -0.4 is 14.9 Å². The van der Waals surface area contributed by atoms with Gasteiger partial charge in [0.25, 0.3) is 22.4 Å². The summed E-state index contributed by atoms with van der Waals surface area (Å²) in [7, 11) is -2.20. The van der Waals surface area contributed by atoms with Crippen LogP contribution in [0.2, 0.25) is 0 Å². The summed E-state index contributed by atoms with van der Waals surface area (Å²) in [5.74, 6) is -0.701. The van der Waals surface area contributed by atoms with Crippen LogP contribution in [0, 0.1) is 0 Å². The lowest BCUT2D eigenvalue weighted by Gasteiger charge is -2.29. The summed E-state index contributed by atoms with van der Waals surface area (Å²) in [5.41, 5.74) is 2.70. The molecule has 1 aliphatic heterocycles. The van der Waals surface area contributed by atoms with Gasteiger partial charge in [-0.1, -0.05) is 55.5 Å². The van der Waals surface area contributed by atoms with Crippen molar-refractivity contribution in [2.45, 2.75) is 50.5 Å². The summed E-state index contributed by atoms with van der Waals surface area (Å²) in [6, 6.07) is 16.7. The van der Waals surface area contributed by atoms with E-state index >= 15 is 0 Å². The Hall–Kier alpha value is -4.36. The van der Waals surface area contributed by atoms with Crippen LogP contribution in [0.1, 0.15) is 39.5 Å². The molecule has 5 rings (SSSR count). The van der Waals surface area contributed by atoms with E-state index in [0.717, 1.165) is 34.2 Å². The Bertz CT molecular complexity index is 1810. The van der Waals surface area contributed by atoms with E-state index in [1.807, 2.05) is 37.3 Å². The number of sulfonamides is 1. The van der Waals surface area contributed by atoms with Crippen molar-refractivity contribution in [3.05, 3.63) is 101 Å². The highest BCUT2D eigenvalue weighted by atomic mass is 32.2. The van der Waals surface area contributed by atoms with Crippen molar-refractivity contribution in [2.24, 2.45) is 0 Å². The van der Waals surface area contributed by atoms with Gasteiger partial charge in [-0.3, -0.25) is 13.9 Å². The number of ether oxygens (including phenoxy) is 1. The molecule has 1 aliphatic rings. The second-order valence-electron chi connectivity index (χ2n) is 10.9. The molecule has 2 atom stereocenters. The van der Waals surface area contributed by atoms with Gasteiger partial charge in [0.05, 0.1) is 22.8 Å². The Morgan fingerprint density at radius 2 is 1.80 bits per heavy atom. The van der Waals surface area contributed by atoms with Crippen molar-refractivity contribution in [3.8, 4) is 0 Å². The van der Waals surface area contributed by atoms with Crippen molar-refractivity contribution in [3.63, 3.8) is 0 Å². The number of carbonyl (C=O) groups excluding carboxylic acids is 2. The molecular formula is C32H33F3N4O5S. The van der Waals surface area contributed by atoms with Crippen LogP contribution in [-0.2, 0) is 51.0 Å². The van der Waals surface area contributed by atoms with Crippen LogP contribution in [0.5, 0.6) is 0 Å². The molecule has 1 aromatic heterocycles. The first-order valence-corrected chi connectivity index (χ1v) is 15.9. The number of benzene rings is 3. The second kappa shape index (κ2) is 12.9. The number of nitrogens with zero attached hydrogens (tertiary/aromatic N) is 2. The fourth-order valence-corrected chi connectivity index (χ4v) is 6.79. The van der Waals surface area contributed by atoms with Crippen LogP contribution >= 0.6 is 0 Å². The third-order valence-corrected chi connectivity index (χ3v) is 9.60. The number of nitrogens with one attached hydrogen (secondary N) is 2. The average Bonchev–Trinajstić information content (AvgIpc) is 3.36. The highest BCUT2D eigenvalue weighted by Gasteiger charge is 2.32. The Morgan fingerprint density at radius 3 is 2.49 bits per heavy atom. The van der Waals surface area contributed by atoms with Gasteiger partial charge in [0.2, 0.25) is 0 Å². The Kier molecular flexibility index (Phi) is 9.21. The zero-order chi connectivity index (χ0) is 32.4. The number of hydrogen-bond acceptors (Lipinski definition) is 6. The highest BCUT2D eigenvalue weighted by molar-refractivity contribution is 7.91. The molecule has 0 fully saturated rings. The van der Waals surface area contributed by atoms with E-state index in [2.05, 4.69) is 10.6 Å². The van der Waals surface area contributed by atoms with Gasteiger partial charge in [0.1, 0.15) is 12.0 Å². The van der Waals surface area contributed by atoms with Crippen LogP contribution in [0.4, 0.5) is 18.9 Å². The molecule has 0 aliphatic carbocycles. The normalized spacial score (nSPS) is 15.4. The summed E-state index contributed by atoms with van der Waals surface area (Å²) in [6.07, 6.45) is -2.68. The minimum absolute atomic E-state index is 0.0286. The predicted octanol–water partition coefficient (Wildman–Crippen LogP) is 4.63. The lowest BCUT2D eigenvalue weighted by Crippen LogP contribution is -2.50. The third-order valence-electron chi connectivity index (χ3n) is 7.96. The molecule has 0 unspecified atom stereocenters. The van der Waals surface area contributed by atoms with Crippen molar-refractivity contribution < 1.29 is 35.9 Å². The minimum atomic E-state index is -4.48. The molecule has 4 aromatic rings. The zero-order valence-electron chi connectivity index (χ0n) is 24.7. The lowest BCUT2D eigenvalue weighted by atomic mass is 9.99. The molecule has 0 spiro atoms. The van der Waals surface area contributed by atoms with E-state index in [1.165, 1.54) is 23.5 Å². The maximum Gasteiger partial charge on any atom is 0.416 e. The Labute approximate surface area is 259 Å². The lowest BCUT2D eigenvalue weighted by molar-refractivity contribution is -0.137. The number of rotatable bonds is 12. The molecule has 45 heavy (non-hydrogen) atoms. The van der Waals surface area contributed by atoms with E-state index in [1.54, 1.807) is 22.9 Å². The molecule has 2 heterocycles. The number of aromatic nitrogens is 1. The maximum absolute atomic E-state index is 13.8. The van der Waals surface area contributed by atoms with Gasteiger partial charge in [0.15, 0.2) is 0 Å². The van der Waals surface area contributed by atoms with E-state index in [9.17, 15) is 31.2 Å². The van der Waals surface area contributed by atoms with E-state index in [0.29, 0.717) is 17.7 Å². The fourth-order valence-electron chi connectivity index (χ4n) is 5.62. The quantitative estimate of drug-likeness (QED) is 0.218. The molecule has 0 saturated heterocycles. The summed E-state index contributed by atoms with van der Waals surface area (Å²) >= 11 is 0. The number of amides is 1. The van der Waals surface area contributed by atoms with Crippen molar-refractivity contribution in [2.75, 3.05) is 17.9 Å². The van der Waals surface area contributed by atoms with Crippen LogP contribution in [0.3, 0.4) is 0 Å². The summed E-state index contributed by atoms with van der Waals surface area (Å²) in [4.78, 5) is 25.4. The number of aryl methyl sites for hydroxylation is 1. The van der Waals surface area contributed by atoms with Crippen LogP contribution in [-0.4, -0.2) is 51.1 Å². The first-order valence-electron chi connectivity index (χ1n) is 14.3. The molecule has 2 N–H and O–H groups in total. The van der Waals surface area contributed by atoms with Crippen molar-refractivity contribution in [1.82, 2.24) is 15.2 Å². The molecule has 0 bridgehead atoms. The molecule has 1 amide bonds. The SMILES string of the molecule is CCc1cn2c3c(cc(C(=O)N[C@@H](Cc4ccccc4)[C@@H](CNCc4cccc(C(F)(F)F)c4)OC=O)cc13)N(C)S(=O)(=O)C2. The fraction of sp³-hybridized carbons (Fsp3) is 0.312. The van der Waals surface area contributed by atoms with Crippen molar-refractivity contribution in [1.29, 1.82) is 0 Å². The third kappa shape index (κ3) is 6.99. The number of hydrogen-bond donors (Lipinski definition) is 2. The van der Waals surface area contributed by atoms with Crippen LogP contribution in [0.15, 0.2) is 72.9 Å². The summed E-state index contributed by atoms with van der Waals surface area (Å²) < 4.78 is 73.6. The van der Waals surface area contributed by atoms with Gasteiger partial charge in [-0.05, 0) is 47.7 Å². The molecule has 238 valence electrons. The van der Waals surface area contributed by atoms with Gasteiger partial charge < -0.3 is 19.9 Å². The first-order chi connectivity index (χ1) is 21.4. The monoisotopic (exact) mass is 642 g/mol. The zero-order valence-corrected chi connectivity index (χ0v) is 25.5. The standard InChI is InChI=1S/C32H33F3N4O5S/c1-3-23-18-39-19-45(42,43)38(2)28-15-24(14-26(23)30(28)39)31(41)37-27(13-21-8-5-4-6-9-21)29(44-20-40)17-36-16-22-10-7-11-25(12-22)32(33,34)35/h4-12,14-15,18,20,27,29,36H,3,13,16-17,19H2,1-2H3,(H,37,41)/t27-,29+/m0/s1. The number of alkyl halides is 3. The number of carbonyl (C=O) groups is 2. The Balaban J connectivity index is 1.42. The van der Waals surface area contributed by atoms with Gasteiger partial charge in [-0.2, -0.15) is 13.2 Å². The predicted molar refractivity (Wildman–Crippen MR) is 164 cm³/mol. The smallest absolute Gasteiger partial charge is 0.416 e. The van der Waals surface area contributed by atoms with Gasteiger partial charge in [0, 0.05) is 37.3 Å². The Morgan fingerprint density at radius 1 is 1.07 bits per heavy atom. The topological polar surface area (TPSA) is 110 Å². The summed E-state index contributed by atoms with van der Waals surface area (Å²) in [5, 5.41) is 6.79. The first kappa shape index (κ1) is 32.0. The highest BCUT2D eigenvalue weighted by Crippen LogP contribution is 2.37. The molecule has 9 nitrogen and oxygen atoms in total. The maximum atomic E-state index is 13.8. The molecule has 3 aromatic carbocycles. The summed E-state index contributed by atoms with van der Waals surface area (Å²) in [6.45, 7) is 2.31. The molecular weight excluding hydrogens is 609 g/mol. The van der Waals surface area contributed by atoms with Gasteiger partial charge in [-0.25, -0.2) is 8.42 Å². The van der Waals surface area contributed by atoms with Gasteiger partial charge in [-0.15, -0.1) is 0 Å². The van der Waals surface area contributed by atoms with E-state index < -0.39 is 39.8 Å². The largest absolute Gasteiger partial charge is 0.461 e. The molecule has 13 heteroatoms. The molecule has 0 radical (unpaired) electrons.